The van der Waals surface area contributed by atoms with Crippen LogP contribution in [0, 0.1) is 0 Å². The Balaban J connectivity index is 2.83. The van der Waals surface area contributed by atoms with Gasteiger partial charge in [-0.15, -0.1) is 0 Å². The fourth-order valence-corrected chi connectivity index (χ4v) is 2.68. The van der Waals surface area contributed by atoms with Gasteiger partial charge in [-0.1, -0.05) is 29.3 Å². The lowest BCUT2D eigenvalue weighted by atomic mass is 9.94. The zero-order chi connectivity index (χ0) is 11.0. The molecule has 1 aliphatic carbocycles. The van der Waals surface area contributed by atoms with E-state index in [4.69, 9.17) is 38.7 Å². The van der Waals surface area contributed by atoms with Gasteiger partial charge in [-0.2, -0.15) is 0 Å². The van der Waals surface area contributed by atoms with Crippen molar-refractivity contribution < 1.29 is 14.4 Å². The van der Waals surface area contributed by atoms with Gasteiger partial charge in [0.05, 0.1) is 16.7 Å². The fourth-order valence-electron chi connectivity index (χ4n) is 1.25. The predicted molar refractivity (Wildman–Crippen MR) is 56.3 cm³/mol. The van der Waals surface area contributed by atoms with Crippen LogP contribution in [0.3, 0.4) is 0 Å². The van der Waals surface area contributed by atoms with Crippen LogP contribution in [0.1, 0.15) is 6.42 Å². The van der Waals surface area contributed by atoms with Gasteiger partial charge in [0.2, 0.25) is 0 Å². The van der Waals surface area contributed by atoms with Gasteiger partial charge in [0.1, 0.15) is 0 Å². The summed E-state index contributed by atoms with van der Waals surface area (Å²) in [4.78, 5) is 17.6. The number of hydrogen-bond donors (Lipinski definition) is 3. The van der Waals surface area contributed by atoms with Crippen LogP contribution in [0.2, 0.25) is 0 Å². The summed E-state index contributed by atoms with van der Waals surface area (Å²) < 4.78 is 10.8. The highest BCUT2D eigenvalue weighted by molar-refractivity contribution is 7.51. The number of hydrogen-bond acceptors (Lipinski definition) is 2. The molecule has 0 amide bonds. The number of rotatable bonds is 2. The molecule has 0 aromatic rings. The minimum absolute atomic E-state index is 0.148. The first-order valence-corrected chi connectivity index (χ1v) is 6.34. The maximum absolute atomic E-state index is 10.8. The minimum atomic E-state index is -4.15. The molecule has 0 aliphatic heterocycles. The van der Waals surface area contributed by atoms with Gasteiger partial charge >= 0.3 is 7.60 Å². The Bertz CT molecular complexity index is 349. The molecule has 4 nitrogen and oxygen atoms in total. The van der Waals surface area contributed by atoms with E-state index in [9.17, 15) is 4.57 Å². The molecule has 0 fully saturated rings. The molecular weight excluding hydrogens is 248 g/mol. The normalized spacial score (nSPS) is 28.4. The van der Waals surface area contributed by atoms with Crippen LogP contribution in [0.25, 0.3) is 0 Å². The molecule has 0 spiro atoms. The Morgan fingerprint density at radius 3 is 2.57 bits per heavy atom. The quantitative estimate of drug-likeness (QED) is 0.655. The maximum atomic E-state index is 10.8. The number of halogens is 2. The molecule has 0 aromatic carbocycles. The molecule has 0 bridgehead atoms. The first-order chi connectivity index (χ1) is 6.22. The van der Waals surface area contributed by atoms with Gasteiger partial charge in [0, 0.05) is 11.5 Å². The molecule has 0 heterocycles. The van der Waals surface area contributed by atoms with E-state index in [2.05, 4.69) is 0 Å². The first-order valence-electron chi connectivity index (χ1n) is 3.79. The van der Waals surface area contributed by atoms with Crippen LogP contribution in [0.5, 0.6) is 0 Å². The Morgan fingerprint density at radius 1 is 1.57 bits per heavy atom. The van der Waals surface area contributed by atoms with Crippen LogP contribution >= 0.6 is 30.8 Å². The maximum Gasteiger partial charge on any atom is 0.327 e. The SMILES string of the molecule is N[C@@]1(CP(=O)(O)O)C=CC(Cl)=C(Cl)C1. The van der Waals surface area contributed by atoms with Crippen molar-refractivity contribution in [3.63, 3.8) is 0 Å². The lowest BCUT2D eigenvalue weighted by Crippen LogP contribution is -2.42. The third-order valence-corrected chi connectivity index (χ3v) is 3.59. The molecule has 0 radical (unpaired) electrons. The Hall–Kier alpha value is 0.170. The second-order valence-electron chi connectivity index (χ2n) is 3.32. The van der Waals surface area contributed by atoms with E-state index in [0.29, 0.717) is 10.1 Å². The van der Waals surface area contributed by atoms with Crippen molar-refractivity contribution in [2.24, 2.45) is 5.73 Å². The van der Waals surface area contributed by atoms with E-state index in [-0.39, 0.29) is 6.42 Å². The van der Waals surface area contributed by atoms with Gasteiger partial charge in [-0.05, 0) is 6.08 Å². The van der Waals surface area contributed by atoms with Crippen molar-refractivity contribution in [2.75, 3.05) is 6.16 Å². The summed E-state index contributed by atoms with van der Waals surface area (Å²) in [5.41, 5.74) is 4.64. The van der Waals surface area contributed by atoms with Crippen LogP contribution in [0.15, 0.2) is 22.2 Å². The van der Waals surface area contributed by atoms with Crippen molar-refractivity contribution in [1.29, 1.82) is 0 Å². The molecule has 1 rings (SSSR count). The molecule has 4 N–H and O–H groups in total. The van der Waals surface area contributed by atoms with Gasteiger partial charge in [-0.3, -0.25) is 4.57 Å². The van der Waals surface area contributed by atoms with E-state index >= 15 is 0 Å². The van der Waals surface area contributed by atoms with E-state index in [0.717, 1.165) is 0 Å². The zero-order valence-corrected chi connectivity index (χ0v) is 9.56. The highest BCUT2D eigenvalue weighted by Crippen LogP contribution is 2.42. The highest BCUT2D eigenvalue weighted by Gasteiger charge is 2.33. The number of nitrogens with two attached hydrogens (primary N) is 1. The summed E-state index contributed by atoms with van der Waals surface area (Å²) >= 11 is 11.4. The van der Waals surface area contributed by atoms with Crippen molar-refractivity contribution in [3.8, 4) is 0 Å². The van der Waals surface area contributed by atoms with Crippen molar-refractivity contribution in [3.05, 3.63) is 22.2 Å². The summed E-state index contributed by atoms with van der Waals surface area (Å²) in [6.45, 7) is 0. The van der Waals surface area contributed by atoms with Crippen LogP contribution in [-0.2, 0) is 4.57 Å². The average Bonchev–Trinajstić information content (AvgIpc) is 1.94. The standard InChI is InChI=1S/C7H10Cl2NO3P/c8-5-1-2-7(10,3-6(5)9)4-14(11,12)13/h1-2H,3-4,10H2,(H2,11,12,13)/t7-/m0/s1. The van der Waals surface area contributed by atoms with Gasteiger partial charge in [-0.25, -0.2) is 0 Å². The van der Waals surface area contributed by atoms with Gasteiger partial charge in [0.15, 0.2) is 0 Å². The zero-order valence-electron chi connectivity index (χ0n) is 7.15. The summed E-state index contributed by atoms with van der Waals surface area (Å²) in [5, 5.41) is 0.684. The van der Waals surface area contributed by atoms with Gasteiger partial charge < -0.3 is 15.5 Å². The molecule has 80 valence electrons. The summed E-state index contributed by atoms with van der Waals surface area (Å²) in [6, 6.07) is 0. The second kappa shape index (κ2) is 3.97. The molecule has 0 saturated carbocycles. The lowest BCUT2D eigenvalue weighted by Gasteiger charge is -2.28. The van der Waals surface area contributed by atoms with Crippen molar-refractivity contribution in [1.82, 2.24) is 0 Å². The Labute approximate surface area is 91.5 Å². The van der Waals surface area contributed by atoms with E-state index in [1.54, 1.807) is 0 Å². The molecule has 0 aromatic heterocycles. The molecule has 14 heavy (non-hydrogen) atoms. The molecule has 0 saturated heterocycles. The first kappa shape index (κ1) is 12.2. The smallest absolute Gasteiger partial charge is 0.324 e. The minimum Gasteiger partial charge on any atom is -0.324 e. The molecular formula is C7H10Cl2NO3P. The summed E-state index contributed by atoms with van der Waals surface area (Å²) in [7, 11) is -4.15. The monoisotopic (exact) mass is 257 g/mol. The third-order valence-electron chi connectivity index (χ3n) is 1.81. The van der Waals surface area contributed by atoms with E-state index in [1.165, 1.54) is 12.2 Å². The van der Waals surface area contributed by atoms with E-state index in [1.807, 2.05) is 0 Å². The van der Waals surface area contributed by atoms with Crippen molar-refractivity contribution >= 4 is 30.8 Å². The van der Waals surface area contributed by atoms with Crippen molar-refractivity contribution in [2.45, 2.75) is 12.0 Å². The molecule has 0 unspecified atom stereocenters. The highest BCUT2D eigenvalue weighted by atomic mass is 35.5. The van der Waals surface area contributed by atoms with Crippen LogP contribution in [-0.4, -0.2) is 21.5 Å². The summed E-state index contributed by atoms with van der Waals surface area (Å²) in [5.74, 6) is 0. The molecule has 1 atom stereocenters. The Kier molecular flexibility index (Phi) is 3.47. The molecule has 1 aliphatic rings. The third kappa shape index (κ3) is 3.39. The average molecular weight is 258 g/mol. The number of allylic oxidation sites excluding steroid dienone is 2. The predicted octanol–water partition coefficient (Wildman–Crippen LogP) is 1.51. The van der Waals surface area contributed by atoms with Crippen LogP contribution < -0.4 is 5.73 Å². The van der Waals surface area contributed by atoms with E-state index < -0.39 is 19.3 Å². The lowest BCUT2D eigenvalue weighted by molar-refractivity contribution is 0.360. The summed E-state index contributed by atoms with van der Waals surface area (Å²) in [6.07, 6.45) is 2.65. The van der Waals surface area contributed by atoms with Gasteiger partial charge in [0.25, 0.3) is 0 Å². The largest absolute Gasteiger partial charge is 0.327 e. The Morgan fingerprint density at radius 2 is 2.14 bits per heavy atom. The topological polar surface area (TPSA) is 83.6 Å². The fraction of sp³-hybridized carbons (Fsp3) is 0.429. The molecule has 7 heteroatoms. The second-order valence-corrected chi connectivity index (χ2v) is 5.83. The van der Waals surface area contributed by atoms with Crippen LogP contribution in [0.4, 0.5) is 0 Å².